The van der Waals surface area contributed by atoms with Gasteiger partial charge in [0.25, 0.3) is 0 Å². The molecule has 1 fully saturated rings. The molecule has 0 aromatic heterocycles. The fourth-order valence-corrected chi connectivity index (χ4v) is 5.86. The summed E-state index contributed by atoms with van der Waals surface area (Å²) in [5.74, 6) is -1.03. The van der Waals surface area contributed by atoms with Crippen LogP contribution in [0.3, 0.4) is 0 Å². The smallest absolute Gasteiger partial charge is 0.243 e. The number of sulfonamides is 1. The van der Waals surface area contributed by atoms with Crippen LogP contribution in [0.25, 0.3) is 0 Å². The normalized spacial score (nSPS) is 14.8. The Balaban J connectivity index is 1.77. The van der Waals surface area contributed by atoms with Gasteiger partial charge in [0.15, 0.2) is 0 Å². The van der Waals surface area contributed by atoms with E-state index in [0.29, 0.717) is 6.42 Å². The topological polar surface area (TPSA) is 86.8 Å². The first kappa shape index (κ1) is 28.6. The number of carbonyl (C=O) groups is 2. The Kier molecular flexibility index (Phi) is 10.1. The SMILES string of the molecule is CC[C@H](C(=O)NC1CCCC1)N(Cc1ccccc1C)C(=O)CCCN(c1ccccc1F)S(C)(=O)=O. The first-order valence-electron chi connectivity index (χ1n) is 13.0. The summed E-state index contributed by atoms with van der Waals surface area (Å²) in [6.45, 7) is 4.09. The van der Waals surface area contributed by atoms with Gasteiger partial charge in [-0.3, -0.25) is 13.9 Å². The summed E-state index contributed by atoms with van der Waals surface area (Å²) < 4.78 is 40.1. The Morgan fingerprint density at radius 2 is 1.73 bits per heavy atom. The monoisotopic (exact) mass is 531 g/mol. The number of hydrogen-bond acceptors (Lipinski definition) is 4. The van der Waals surface area contributed by atoms with Crippen molar-refractivity contribution in [1.29, 1.82) is 0 Å². The van der Waals surface area contributed by atoms with Crippen LogP contribution in [0.15, 0.2) is 48.5 Å². The van der Waals surface area contributed by atoms with Crippen molar-refractivity contribution in [1.82, 2.24) is 10.2 Å². The zero-order chi connectivity index (χ0) is 27.0. The lowest BCUT2D eigenvalue weighted by molar-refractivity contribution is -0.141. The molecule has 0 aliphatic heterocycles. The second kappa shape index (κ2) is 13.0. The van der Waals surface area contributed by atoms with Gasteiger partial charge in [-0.25, -0.2) is 12.8 Å². The van der Waals surface area contributed by atoms with Gasteiger partial charge in [-0.1, -0.05) is 56.2 Å². The van der Waals surface area contributed by atoms with E-state index in [1.807, 2.05) is 38.1 Å². The van der Waals surface area contributed by atoms with Crippen molar-refractivity contribution in [2.24, 2.45) is 0 Å². The Morgan fingerprint density at radius 3 is 2.35 bits per heavy atom. The van der Waals surface area contributed by atoms with E-state index in [2.05, 4.69) is 5.32 Å². The van der Waals surface area contributed by atoms with Gasteiger partial charge in [0.2, 0.25) is 21.8 Å². The first-order chi connectivity index (χ1) is 17.6. The summed E-state index contributed by atoms with van der Waals surface area (Å²) in [5.41, 5.74) is 1.93. The van der Waals surface area contributed by atoms with Gasteiger partial charge in [0, 0.05) is 25.6 Å². The van der Waals surface area contributed by atoms with Crippen LogP contribution in [0, 0.1) is 12.7 Å². The fourth-order valence-electron chi connectivity index (χ4n) is 4.89. The summed E-state index contributed by atoms with van der Waals surface area (Å²) in [5, 5.41) is 3.13. The maximum atomic E-state index is 14.3. The molecule has 0 bridgehead atoms. The quantitative estimate of drug-likeness (QED) is 0.436. The molecule has 2 amide bonds. The van der Waals surface area contributed by atoms with Gasteiger partial charge in [0.05, 0.1) is 11.9 Å². The number of benzene rings is 2. The number of carbonyl (C=O) groups excluding carboxylic acids is 2. The Bertz CT molecular complexity index is 1180. The Labute approximate surface area is 220 Å². The molecule has 1 aliphatic rings. The minimum Gasteiger partial charge on any atom is -0.352 e. The Morgan fingerprint density at radius 1 is 1.08 bits per heavy atom. The number of halogens is 1. The van der Waals surface area contributed by atoms with Crippen molar-refractivity contribution in [2.45, 2.75) is 77.4 Å². The van der Waals surface area contributed by atoms with E-state index in [0.717, 1.165) is 47.4 Å². The molecule has 2 aromatic rings. The number of nitrogens with zero attached hydrogens (tertiary/aromatic N) is 2. The number of aryl methyl sites for hydroxylation is 1. The van der Waals surface area contributed by atoms with Gasteiger partial charge in [0.1, 0.15) is 11.9 Å². The number of hydrogen-bond donors (Lipinski definition) is 1. The van der Waals surface area contributed by atoms with Crippen LogP contribution in [0.5, 0.6) is 0 Å². The predicted molar refractivity (Wildman–Crippen MR) is 144 cm³/mol. The minimum atomic E-state index is -3.76. The lowest BCUT2D eigenvalue weighted by Crippen LogP contribution is -2.51. The highest BCUT2D eigenvalue weighted by molar-refractivity contribution is 7.92. The van der Waals surface area contributed by atoms with E-state index in [9.17, 15) is 22.4 Å². The molecule has 37 heavy (non-hydrogen) atoms. The molecular weight excluding hydrogens is 493 g/mol. The highest BCUT2D eigenvalue weighted by Gasteiger charge is 2.31. The molecule has 0 unspecified atom stereocenters. The summed E-state index contributed by atoms with van der Waals surface area (Å²) in [6.07, 6.45) is 5.77. The molecule has 202 valence electrons. The number of rotatable bonds is 12. The fraction of sp³-hybridized carbons (Fsp3) is 0.500. The molecular formula is C28H38FN3O4S. The van der Waals surface area contributed by atoms with Crippen LogP contribution < -0.4 is 9.62 Å². The lowest BCUT2D eigenvalue weighted by Gasteiger charge is -2.32. The number of anilines is 1. The largest absolute Gasteiger partial charge is 0.352 e. The third-order valence-electron chi connectivity index (χ3n) is 6.96. The number of para-hydroxylation sites is 1. The molecule has 1 atom stereocenters. The van der Waals surface area contributed by atoms with Crippen LogP contribution in [0.1, 0.15) is 63.0 Å². The molecule has 1 N–H and O–H groups in total. The summed E-state index contributed by atoms with van der Waals surface area (Å²) >= 11 is 0. The summed E-state index contributed by atoms with van der Waals surface area (Å²) in [7, 11) is -3.76. The van der Waals surface area contributed by atoms with E-state index in [4.69, 9.17) is 0 Å². The maximum absolute atomic E-state index is 14.3. The van der Waals surface area contributed by atoms with Crippen molar-refractivity contribution in [2.75, 3.05) is 17.1 Å². The second-order valence-corrected chi connectivity index (χ2v) is 11.7. The van der Waals surface area contributed by atoms with Crippen molar-refractivity contribution in [3.05, 3.63) is 65.5 Å². The van der Waals surface area contributed by atoms with Gasteiger partial charge >= 0.3 is 0 Å². The van der Waals surface area contributed by atoms with Crippen LogP contribution in [0.2, 0.25) is 0 Å². The third-order valence-corrected chi connectivity index (χ3v) is 8.14. The van der Waals surface area contributed by atoms with Crippen molar-refractivity contribution in [3.63, 3.8) is 0 Å². The van der Waals surface area contributed by atoms with E-state index in [1.54, 1.807) is 11.0 Å². The van der Waals surface area contributed by atoms with Gasteiger partial charge in [-0.15, -0.1) is 0 Å². The van der Waals surface area contributed by atoms with Crippen molar-refractivity contribution < 1.29 is 22.4 Å². The molecule has 1 aliphatic carbocycles. The number of amides is 2. The number of nitrogens with one attached hydrogen (secondary N) is 1. The zero-order valence-corrected chi connectivity index (χ0v) is 22.8. The van der Waals surface area contributed by atoms with Crippen LogP contribution in [-0.4, -0.2) is 50.0 Å². The van der Waals surface area contributed by atoms with Crippen molar-refractivity contribution in [3.8, 4) is 0 Å². The van der Waals surface area contributed by atoms with Gasteiger partial charge in [-0.2, -0.15) is 0 Å². The predicted octanol–water partition coefficient (Wildman–Crippen LogP) is 4.55. The average molecular weight is 532 g/mol. The second-order valence-electron chi connectivity index (χ2n) is 9.75. The van der Waals surface area contributed by atoms with Gasteiger partial charge in [-0.05, 0) is 55.9 Å². The van der Waals surface area contributed by atoms with E-state index < -0.39 is 21.9 Å². The summed E-state index contributed by atoms with van der Waals surface area (Å²) in [4.78, 5) is 28.4. The average Bonchev–Trinajstić information content (AvgIpc) is 3.35. The molecule has 1 saturated carbocycles. The molecule has 0 radical (unpaired) electrons. The van der Waals surface area contributed by atoms with Crippen molar-refractivity contribution >= 4 is 27.5 Å². The molecule has 3 rings (SSSR count). The highest BCUT2D eigenvalue weighted by Crippen LogP contribution is 2.23. The molecule has 9 heteroatoms. The molecule has 7 nitrogen and oxygen atoms in total. The summed E-state index contributed by atoms with van der Waals surface area (Å²) in [6, 6.07) is 12.9. The molecule has 0 saturated heterocycles. The lowest BCUT2D eigenvalue weighted by atomic mass is 10.0. The molecule has 2 aromatic carbocycles. The van der Waals surface area contributed by atoms with E-state index in [1.165, 1.54) is 18.2 Å². The maximum Gasteiger partial charge on any atom is 0.243 e. The van der Waals surface area contributed by atoms with Crippen LogP contribution in [-0.2, 0) is 26.2 Å². The minimum absolute atomic E-state index is 0.0273. The van der Waals surface area contributed by atoms with E-state index in [-0.39, 0.29) is 49.5 Å². The van der Waals surface area contributed by atoms with Gasteiger partial charge < -0.3 is 10.2 Å². The third kappa shape index (κ3) is 7.77. The Hall–Kier alpha value is -2.94. The standard InChI is InChI=1S/C28H38FN3O4S/c1-4-25(28(34)30-23-14-7-8-15-23)31(20-22-13-6-5-12-21(22)2)27(33)18-11-19-32(37(3,35)36)26-17-10-9-16-24(26)29/h5-6,9-10,12-13,16-17,23,25H,4,7-8,11,14-15,18-20H2,1-3H3,(H,30,34)/t25-/m1/s1. The highest BCUT2D eigenvalue weighted by atomic mass is 32.2. The molecule has 0 heterocycles. The van der Waals surface area contributed by atoms with E-state index >= 15 is 0 Å². The van der Waals surface area contributed by atoms with Crippen LogP contribution >= 0.6 is 0 Å². The van der Waals surface area contributed by atoms with Crippen LogP contribution in [0.4, 0.5) is 10.1 Å². The first-order valence-corrected chi connectivity index (χ1v) is 14.8. The zero-order valence-electron chi connectivity index (χ0n) is 22.0. The molecule has 0 spiro atoms.